The van der Waals surface area contributed by atoms with Gasteiger partial charge in [0.05, 0.1) is 39.9 Å². The van der Waals surface area contributed by atoms with E-state index in [1.807, 2.05) is 13.0 Å². The zero-order valence-electron chi connectivity index (χ0n) is 21.4. The first-order valence-corrected chi connectivity index (χ1v) is 12.8. The molecule has 4 aromatic rings. The van der Waals surface area contributed by atoms with Gasteiger partial charge in [-0.1, -0.05) is 35.9 Å². The van der Waals surface area contributed by atoms with E-state index < -0.39 is 29.7 Å². The lowest BCUT2D eigenvalue weighted by atomic mass is 9.97. The summed E-state index contributed by atoms with van der Waals surface area (Å²) in [5.41, 5.74) is 7.64. The molecule has 204 valence electrons. The highest BCUT2D eigenvalue weighted by Crippen LogP contribution is 2.43. The van der Waals surface area contributed by atoms with E-state index in [9.17, 15) is 9.59 Å². The molecule has 0 saturated carbocycles. The van der Waals surface area contributed by atoms with E-state index in [2.05, 4.69) is 15.4 Å². The maximum atomic E-state index is 15.5. The molecule has 0 atom stereocenters. The van der Waals surface area contributed by atoms with Gasteiger partial charge in [0.1, 0.15) is 5.82 Å². The number of aryl methyl sites for hydroxylation is 1. The number of nitrogen functional groups attached to an aromatic ring is 1. The molecule has 2 aromatic heterocycles. The Hall–Kier alpha value is -4.57. The van der Waals surface area contributed by atoms with Crippen LogP contribution in [0.25, 0.3) is 11.3 Å². The fourth-order valence-electron chi connectivity index (χ4n) is 4.52. The Bertz CT molecular complexity index is 1630. The minimum absolute atomic E-state index is 0.0120. The third-order valence-corrected chi connectivity index (χ3v) is 6.80. The van der Waals surface area contributed by atoms with Gasteiger partial charge < -0.3 is 16.0 Å². The largest absolute Gasteiger partial charge is 0.384 e. The van der Waals surface area contributed by atoms with Gasteiger partial charge in [-0.15, -0.1) is 0 Å². The summed E-state index contributed by atoms with van der Waals surface area (Å²) >= 11 is 6.50. The van der Waals surface area contributed by atoms with Crippen molar-refractivity contribution in [3.63, 3.8) is 0 Å². The Kier molecular flexibility index (Phi) is 7.36. The lowest BCUT2D eigenvalue weighted by molar-refractivity contribution is -0.116. The van der Waals surface area contributed by atoms with Gasteiger partial charge in [0.2, 0.25) is 5.91 Å². The summed E-state index contributed by atoms with van der Waals surface area (Å²) in [5.74, 6) is -4.36. The van der Waals surface area contributed by atoms with Gasteiger partial charge in [-0.05, 0) is 49.4 Å². The van der Waals surface area contributed by atoms with Crippen molar-refractivity contribution < 1.29 is 18.4 Å². The summed E-state index contributed by atoms with van der Waals surface area (Å²) in [5, 5.41) is 7.08. The molecule has 0 spiro atoms. The summed E-state index contributed by atoms with van der Waals surface area (Å²) in [6.07, 6.45) is 1.96. The van der Waals surface area contributed by atoms with Crippen LogP contribution in [-0.2, 0) is 11.3 Å². The first-order valence-electron chi connectivity index (χ1n) is 12.4. The number of fused-ring (bicyclic) bond motifs is 1. The second kappa shape index (κ2) is 10.9. The summed E-state index contributed by atoms with van der Waals surface area (Å²) in [6.45, 7) is 1.58. The summed E-state index contributed by atoms with van der Waals surface area (Å²) in [4.78, 5) is 31.8. The summed E-state index contributed by atoms with van der Waals surface area (Å²) < 4.78 is 32.6. The molecule has 8 nitrogen and oxygen atoms in total. The number of hydrogen-bond donors (Lipinski definition) is 2. The Balaban J connectivity index is 1.45. The molecule has 1 aliphatic rings. The number of benzene rings is 2. The van der Waals surface area contributed by atoms with Crippen LogP contribution < -0.4 is 16.0 Å². The van der Waals surface area contributed by atoms with Gasteiger partial charge in [0.15, 0.2) is 0 Å². The van der Waals surface area contributed by atoms with Crippen molar-refractivity contribution >= 4 is 40.5 Å². The highest BCUT2D eigenvalue weighted by atomic mass is 35.5. The van der Waals surface area contributed by atoms with Crippen LogP contribution in [-0.4, -0.2) is 39.0 Å². The third kappa shape index (κ3) is 5.57. The predicted octanol–water partition coefficient (Wildman–Crippen LogP) is 5.20. The zero-order chi connectivity index (χ0) is 28.4. The van der Waals surface area contributed by atoms with Crippen LogP contribution in [0.1, 0.15) is 33.7 Å². The van der Waals surface area contributed by atoms with Gasteiger partial charge in [0.25, 0.3) is 11.8 Å². The molecule has 0 fully saturated rings. The molecule has 5 rings (SSSR count). The monoisotopic (exact) mass is 562 g/mol. The third-order valence-electron chi connectivity index (χ3n) is 6.49. The molecule has 3 heterocycles. The number of nitrogens with zero attached hydrogens (tertiary/aromatic N) is 4. The van der Waals surface area contributed by atoms with Crippen molar-refractivity contribution in [3.05, 3.63) is 107 Å². The highest BCUT2D eigenvalue weighted by Gasteiger charge is 2.41. The zero-order valence-corrected chi connectivity index (χ0v) is 22.2. The van der Waals surface area contributed by atoms with Crippen LogP contribution in [0.2, 0.25) is 5.02 Å². The molecule has 0 bridgehead atoms. The normalized spacial score (nSPS) is 15.4. The second-order valence-electron chi connectivity index (χ2n) is 9.32. The maximum absolute atomic E-state index is 15.5. The average molecular weight is 563 g/mol. The summed E-state index contributed by atoms with van der Waals surface area (Å²) in [7, 11) is 0. The topological polar surface area (TPSA) is 106 Å². The molecule has 1 aliphatic heterocycles. The van der Waals surface area contributed by atoms with Crippen LogP contribution in [0.3, 0.4) is 0 Å². The number of nitrogens with two attached hydrogens (primary N) is 1. The van der Waals surface area contributed by atoms with Crippen LogP contribution in [0.15, 0.2) is 79.0 Å². The number of alkyl halides is 2. The molecule has 40 heavy (non-hydrogen) atoms. The molecular formula is C29H25ClF2N6O2. The Morgan fingerprint density at radius 2 is 1.93 bits per heavy atom. The van der Waals surface area contributed by atoms with E-state index in [4.69, 9.17) is 17.3 Å². The van der Waals surface area contributed by atoms with Crippen molar-refractivity contribution in [2.45, 2.75) is 25.8 Å². The number of halogens is 3. The van der Waals surface area contributed by atoms with Crippen molar-refractivity contribution in [3.8, 4) is 5.69 Å². The predicted molar refractivity (Wildman–Crippen MR) is 149 cm³/mol. The van der Waals surface area contributed by atoms with Crippen LogP contribution >= 0.6 is 11.6 Å². The lowest BCUT2D eigenvalue weighted by Gasteiger charge is -2.23. The van der Waals surface area contributed by atoms with Gasteiger partial charge in [-0.25, -0.2) is 18.4 Å². The van der Waals surface area contributed by atoms with Crippen LogP contribution in [0, 0.1) is 6.92 Å². The number of hydrogen-bond acceptors (Lipinski definition) is 5. The Labute approximate surface area is 234 Å². The number of amides is 2. The number of aromatic nitrogens is 3. The fraction of sp³-hybridized carbons (Fsp3) is 0.172. The van der Waals surface area contributed by atoms with Crippen molar-refractivity contribution in [2.75, 3.05) is 17.2 Å². The van der Waals surface area contributed by atoms with E-state index in [1.54, 1.807) is 65.5 Å². The number of carbonyl (C=O) groups excluding carboxylic acids is 2. The lowest BCUT2D eigenvalue weighted by Crippen LogP contribution is -2.33. The maximum Gasteiger partial charge on any atom is 0.275 e. The van der Waals surface area contributed by atoms with Gasteiger partial charge in [-0.3, -0.25) is 9.59 Å². The van der Waals surface area contributed by atoms with E-state index in [-0.39, 0.29) is 40.7 Å². The SMILES string of the molecule is Cc1ccn(-c2ccc(C(=O)N3CCC(F)(F)/C(=C\C(=O)NCc4cccc(N)n4)c4ccccc43)c(Cl)c2)n1. The first kappa shape index (κ1) is 27.0. The number of carbonyl (C=O) groups is 2. The smallest absolute Gasteiger partial charge is 0.275 e. The number of anilines is 2. The Morgan fingerprint density at radius 3 is 2.65 bits per heavy atom. The molecule has 2 aromatic carbocycles. The molecule has 0 radical (unpaired) electrons. The molecular weight excluding hydrogens is 538 g/mol. The minimum Gasteiger partial charge on any atom is -0.384 e. The number of nitrogens with one attached hydrogen (secondary N) is 1. The van der Waals surface area contributed by atoms with E-state index in [0.29, 0.717) is 11.4 Å². The summed E-state index contributed by atoms with van der Waals surface area (Å²) in [6, 6.07) is 17.9. The number of para-hydroxylation sites is 1. The fourth-order valence-corrected chi connectivity index (χ4v) is 4.77. The average Bonchev–Trinajstić information content (AvgIpc) is 3.32. The van der Waals surface area contributed by atoms with Crippen molar-refractivity contribution in [1.29, 1.82) is 0 Å². The quantitative estimate of drug-likeness (QED) is 0.325. The van der Waals surface area contributed by atoms with Crippen molar-refractivity contribution in [2.24, 2.45) is 0 Å². The van der Waals surface area contributed by atoms with Gasteiger partial charge >= 0.3 is 0 Å². The molecule has 3 N–H and O–H groups in total. The number of rotatable bonds is 5. The van der Waals surface area contributed by atoms with Crippen LogP contribution in [0.5, 0.6) is 0 Å². The van der Waals surface area contributed by atoms with E-state index >= 15 is 8.78 Å². The van der Waals surface area contributed by atoms with Crippen LogP contribution in [0.4, 0.5) is 20.3 Å². The molecule has 0 aliphatic carbocycles. The molecule has 0 saturated heterocycles. The van der Waals surface area contributed by atoms with Crippen molar-refractivity contribution in [1.82, 2.24) is 20.1 Å². The molecule has 11 heteroatoms. The number of pyridine rings is 1. The van der Waals surface area contributed by atoms with Gasteiger partial charge in [0, 0.05) is 36.4 Å². The minimum atomic E-state index is -3.39. The Morgan fingerprint density at radius 1 is 1.12 bits per heavy atom. The molecule has 0 unspecified atom stereocenters. The molecule has 2 amide bonds. The van der Waals surface area contributed by atoms with E-state index in [0.717, 1.165) is 11.8 Å². The standard InChI is InChI=1S/C29H25ClF2N6O2/c1-18-11-13-38(36-18)20-9-10-22(24(30)15-20)28(40)37-14-12-29(31,32)23(21-6-2-3-7-25(21)37)16-27(39)34-17-19-5-4-8-26(33)35-19/h2-11,13,15-16H,12,14,17H2,1H3,(H2,33,35)(H,34,39)/b23-16-. The highest BCUT2D eigenvalue weighted by molar-refractivity contribution is 6.34. The van der Waals surface area contributed by atoms with E-state index in [1.165, 1.54) is 11.0 Å². The first-order chi connectivity index (χ1) is 19.1. The van der Waals surface area contributed by atoms with Gasteiger partial charge in [-0.2, -0.15) is 5.10 Å². The second-order valence-corrected chi connectivity index (χ2v) is 9.73. The number of allylic oxidation sites excluding steroid dienone is 1.